The summed E-state index contributed by atoms with van der Waals surface area (Å²) < 4.78 is 7.85. The standard InChI is InChI=1S/C11H18N2O/c1-10(2,3)8-6-12-13-7-11(4,5)14-9(8)13/h6H,7H2,1-5H3. The summed E-state index contributed by atoms with van der Waals surface area (Å²) in [7, 11) is 0. The molecule has 0 atom stereocenters. The fourth-order valence-electron chi connectivity index (χ4n) is 1.76. The van der Waals surface area contributed by atoms with E-state index in [0.29, 0.717) is 0 Å². The van der Waals surface area contributed by atoms with Crippen molar-refractivity contribution < 1.29 is 4.74 Å². The maximum atomic E-state index is 5.89. The van der Waals surface area contributed by atoms with Crippen molar-refractivity contribution in [2.24, 2.45) is 0 Å². The first kappa shape index (κ1) is 9.56. The summed E-state index contributed by atoms with van der Waals surface area (Å²) in [6.07, 6.45) is 1.92. The molecule has 0 spiro atoms. The van der Waals surface area contributed by atoms with E-state index in [1.54, 1.807) is 0 Å². The molecule has 0 aliphatic carbocycles. The molecule has 3 nitrogen and oxygen atoms in total. The minimum absolute atomic E-state index is 0.105. The average molecular weight is 194 g/mol. The summed E-state index contributed by atoms with van der Waals surface area (Å²) in [5.74, 6) is 0.947. The van der Waals surface area contributed by atoms with Crippen molar-refractivity contribution in [1.29, 1.82) is 0 Å². The summed E-state index contributed by atoms with van der Waals surface area (Å²) in [4.78, 5) is 0. The van der Waals surface area contributed by atoms with Crippen LogP contribution in [-0.4, -0.2) is 15.4 Å². The second-order valence-corrected chi connectivity index (χ2v) is 5.63. The van der Waals surface area contributed by atoms with Gasteiger partial charge in [-0.2, -0.15) is 5.10 Å². The van der Waals surface area contributed by atoms with E-state index >= 15 is 0 Å². The minimum atomic E-state index is -0.108. The average Bonchev–Trinajstić information content (AvgIpc) is 2.38. The second kappa shape index (κ2) is 2.53. The third-order valence-corrected chi connectivity index (χ3v) is 2.50. The van der Waals surface area contributed by atoms with E-state index < -0.39 is 0 Å². The maximum absolute atomic E-state index is 5.89. The van der Waals surface area contributed by atoms with Crippen LogP contribution in [-0.2, 0) is 12.0 Å². The first-order valence-corrected chi connectivity index (χ1v) is 5.05. The molecule has 0 unspecified atom stereocenters. The van der Waals surface area contributed by atoms with Crippen LogP contribution in [0.3, 0.4) is 0 Å². The van der Waals surface area contributed by atoms with Gasteiger partial charge in [-0.25, -0.2) is 4.68 Å². The van der Waals surface area contributed by atoms with Crippen LogP contribution in [0.4, 0.5) is 0 Å². The van der Waals surface area contributed by atoms with Crippen LogP contribution < -0.4 is 4.74 Å². The number of aromatic nitrogens is 2. The van der Waals surface area contributed by atoms with Crippen molar-refractivity contribution in [3.05, 3.63) is 11.8 Å². The molecule has 0 amide bonds. The summed E-state index contributed by atoms with van der Waals surface area (Å²) in [6, 6.07) is 0. The summed E-state index contributed by atoms with van der Waals surface area (Å²) in [6.45, 7) is 11.6. The monoisotopic (exact) mass is 194 g/mol. The molecule has 2 heterocycles. The molecule has 0 radical (unpaired) electrons. The zero-order valence-electron chi connectivity index (χ0n) is 9.59. The molecule has 2 rings (SSSR count). The molecule has 14 heavy (non-hydrogen) atoms. The third-order valence-electron chi connectivity index (χ3n) is 2.50. The highest BCUT2D eigenvalue weighted by Crippen LogP contribution is 2.37. The van der Waals surface area contributed by atoms with E-state index in [0.717, 1.165) is 12.4 Å². The minimum Gasteiger partial charge on any atom is -0.470 e. The predicted molar refractivity (Wildman–Crippen MR) is 55.6 cm³/mol. The summed E-state index contributed by atoms with van der Waals surface area (Å²) >= 11 is 0. The Morgan fingerprint density at radius 3 is 2.64 bits per heavy atom. The molecule has 0 aromatic carbocycles. The van der Waals surface area contributed by atoms with Gasteiger partial charge in [0, 0.05) is 5.56 Å². The van der Waals surface area contributed by atoms with Gasteiger partial charge in [-0.15, -0.1) is 0 Å². The smallest absolute Gasteiger partial charge is 0.216 e. The fourth-order valence-corrected chi connectivity index (χ4v) is 1.76. The van der Waals surface area contributed by atoms with Crippen molar-refractivity contribution >= 4 is 0 Å². The van der Waals surface area contributed by atoms with Gasteiger partial charge in [0.15, 0.2) is 0 Å². The van der Waals surface area contributed by atoms with Crippen LogP contribution in [0.1, 0.15) is 40.2 Å². The Morgan fingerprint density at radius 2 is 2.07 bits per heavy atom. The number of ether oxygens (including phenoxy) is 1. The lowest BCUT2D eigenvalue weighted by molar-refractivity contribution is 0.133. The highest BCUT2D eigenvalue weighted by molar-refractivity contribution is 5.33. The lowest BCUT2D eigenvalue weighted by atomic mass is 9.89. The molecule has 0 saturated carbocycles. The van der Waals surface area contributed by atoms with Crippen molar-refractivity contribution in [3.8, 4) is 5.88 Å². The van der Waals surface area contributed by atoms with Crippen molar-refractivity contribution in [2.45, 2.75) is 52.2 Å². The summed E-state index contributed by atoms with van der Waals surface area (Å²) in [5.41, 5.74) is 1.19. The highest BCUT2D eigenvalue weighted by atomic mass is 16.5. The van der Waals surface area contributed by atoms with Crippen molar-refractivity contribution in [3.63, 3.8) is 0 Å². The van der Waals surface area contributed by atoms with Crippen LogP contribution in [0.15, 0.2) is 6.20 Å². The molecular formula is C11H18N2O. The van der Waals surface area contributed by atoms with E-state index in [4.69, 9.17) is 4.74 Å². The topological polar surface area (TPSA) is 27.1 Å². The lowest BCUT2D eigenvalue weighted by Gasteiger charge is -2.20. The zero-order valence-corrected chi connectivity index (χ0v) is 9.59. The van der Waals surface area contributed by atoms with Gasteiger partial charge in [0.25, 0.3) is 0 Å². The van der Waals surface area contributed by atoms with Gasteiger partial charge in [-0.1, -0.05) is 20.8 Å². The van der Waals surface area contributed by atoms with Crippen LogP contribution in [0.25, 0.3) is 0 Å². The highest BCUT2D eigenvalue weighted by Gasteiger charge is 2.35. The Kier molecular flexibility index (Phi) is 1.72. The predicted octanol–water partition coefficient (Wildman–Crippen LogP) is 2.35. The Balaban J connectivity index is 2.42. The molecule has 3 heteroatoms. The molecule has 0 N–H and O–H groups in total. The Hall–Kier alpha value is -0.990. The van der Waals surface area contributed by atoms with Gasteiger partial charge in [0.1, 0.15) is 5.60 Å². The fraction of sp³-hybridized carbons (Fsp3) is 0.727. The Morgan fingerprint density at radius 1 is 1.43 bits per heavy atom. The number of rotatable bonds is 0. The molecule has 1 aromatic heterocycles. The van der Waals surface area contributed by atoms with Crippen molar-refractivity contribution in [1.82, 2.24) is 9.78 Å². The van der Waals surface area contributed by atoms with Crippen LogP contribution >= 0.6 is 0 Å². The molecule has 1 aliphatic heterocycles. The maximum Gasteiger partial charge on any atom is 0.216 e. The van der Waals surface area contributed by atoms with Crippen molar-refractivity contribution in [2.75, 3.05) is 0 Å². The SMILES string of the molecule is CC1(C)Cn2ncc(C(C)(C)C)c2O1. The quantitative estimate of drug-likeness (QED) is 0.634. The van der Waals surface area contributed by atoms with E-state index in [-0.39, 0.29) is 11.0 Å². The van der Waals surface area contributed by atoms with Gasteiger partial charge in [0.2, 0.25) is 5.88 Å². The van der Waals surface area contributed by atoms with E-state index in [9.17, 15) is 0 Å². The van der Waals surface area contributed by atoms with Crippen LogP contribution in [0.5, 0.6) is 5.88 Å². The van der Waals surface area contributed by atoms with Crippen LogP contribution in [0, 0.1) is 0 Å². The van der Waals surface area contributed by atoms with E-state index in [1.165, 1.54) is 5.56 Å². The first-order valence-electron chi connectivity index (χ1n) is 5.05. The Labute approximate surface area is 85.1 Å². The van der Waals surface area contributed by atoms with Gasteiger partial charge in [-0.05, 0) is 19.3 Å². The van der Waals surface area contributed by atoms with E-state index in [2.05, 4.69) is 39.7 Å². The molecule has 1 aromatic rings. The lowest BCUT2D eigenvalue weighted by Crippen LogP contribution is -2.27. The largest absolute Gasteiger partial charge is 0.470 e. The second-order valence-electron chi connectivity index (χ2n) is 5.63. The molecule has 0 fully saturated rings. The number of fused-ring (bicyclic) bond motifs is 1. The van der Waals surface area contributed by atoms with Gasteiger partial charge < -0.3 is 4.74 Å². The molecule has 78 valence electrons. The number of hydrogen-bond donors (Lipinski definition) is 0. The molecular weight excluding hydrogens is 176 g/mol. The van der Waals surface area contributed by atoms with E-state index in [1.807, 2.05) is 10.9 Å². The van der Waals surface area contributed by atoms with Gasteiger partial charge in [0.05, 0.1) is 12.7 Å². The number of hydrogen-bond acceptors (Lipinski definition) is 2. The molecule has 0 saturated heterocycles. The Bertz CT molecular complexity index is 358. The first-order chi connectivity index (χ1) is 6.30. The normalized spacial score (nSPS) is 19.2. The molecule has 1 aliphatic rings. The zero-order chi connectivity index (χ0) is 10.6. The van der Waals surface area contributed by atoms with Gasteiger partial charge in [-0.3, -0.25) is 0 Å². The van der Waals surface area contributed by atoms with Gasteiger partial charge >= 0.3 is 0 Å². The molecule has 0 bridgehead atoms. The third kappa shape index (κ3) is 1.41. The summed E-state index contributed by atoms with van der Waals surface area (Å²) in [5, 5.41) is 4.35. The number of nitrogens with zero attached hydrogens (tertiary/aromatic N) is 2. The van der Waals surface area contributed by atoms with Crippen LogP contribution in [0.2, 0.25) is 0 Å².